The molecule has 0 saturated heterocycles. The zero-order valence-corrected chi connectivity index (χ0v) is 14.8. The second kappa shape index (κ2) is 8.99. The van der Waals surface area contributed by atoms with E-state index in [1.807, 2.05) is 47.8 Å². The fourth-order valence-corrected chi connectivity index (χ4v) is 3.35. The maximum atomic E-state index is 12.0. The number of thiophene rings is 1. The molecule has 2 aromatic heterocycles. The number of pyridine rings is 1. The molecule has 0 fully saturated rings. The molecule has 5 heteroatoms. The van der Waals surface area contributed by atoms with Gasteiger partial charge in [-0.1, -0.05) is 42.5 Å². The highest BCUT2D eigenvalue weighted by Crippen LogP contribution is 2.25. The molecule has 2 N–H and O–H groups in total. The van der Waals surface area contributed by atoms with Gasteiger partial charge in [0.2, 0.25) is 0 Å². The first-order chi connectivity index (χ1) is 12.3. The first kappa shape index (κ1) is 17.2. The van der Waals surface area contributed by atoms with Gasteiger partial charge in [0.15, 0.2) is 0 Å². The van der Waals surface area contributed by atoms with E-state index in [0.29, 0.717) is 13.1 Å². The van der Waals surface area contributed by atoms with E-state index in [2.05, 4.69) is 27.8 Å². The van der Waals surface area contributed by atoms with E-state index in [9.17, 15) is 4.79 Å². The number of hydrogen-bond acceptors (Lipinski definition) is 3. The molecule has 3 rings (SSSR count). The Morgan fingerprint density at radius 1 is 1.00 bits per heavy atom. The molecule has 128 valence electrons. The summed E-state index contributed by atoms with van der Waals surface area (Å²) in [6, 6.07) is 18.1. The minimum atomic E-state index is -0.144. The molecule has 4 nitrogen and oxygen atoms in total. The molecular weight excluding hydrogens is 330 g/mol. The number of urea groups is 1. The second-order valence-electron chi connectivity index (χ2n) is 5.69. The zero-order valence-electron chi connectivity index (χ0n) is 13.9. The van der Waals surface area contributed by atoms with Gasteiger partial charge in [-0.05, 0) is 41.5 Å². The van der Waals surface area contributed by atoms with Crippen LogP contribution in [-0.4, -0.2) is 17.6 Å². The van der Waals surface area contributed by atoms with Gasteiger partial charge in [-0.25, -0.2) is 4.79 Å². The molecule has 0 spiro atoms. The topological polar surface area (TPSA) is 54.0 Å². The van der Waals surface area contributed by atoms with Crippen molar-refractivity contribution in [2.24, 2.45) is 0 Å². The Morgan fingerprint density at radius 3 is 2.68 bits per heavy atom. The third kappa shape index (κ3) is 5.16. The van der Waals surface area contributed by atoms with Crippen LogP contribution in [0.3, 0.4) is 0 Å². The highest BCUT2D eigenvalue weighted by Gasteiger charge is 2.08. The zero-order chi connectivity index (χ0) is 17.3. The van der Waals surface area contributed by atoms with Crippen LogP contribution in [0.2, 0.25) is 0 Å². The van der Waals surface area contributed by atoms with Crippen LogP contribution >= 0.6 is 11.3 Å². The van der Waals surface area contributed by atoms with Crippen molar-refractivity contribution in [2.45, 2.75) is 19.4 Å². The van der Waals surface area contributed by atoms with Crippen molar-refractivity contribution >= 4 is 17.4 Å². The molecule has 25 heavy (non-hydrogen) atoms. The van der Waals surface area contributed by atoms with Gasteiger partial charge in [0.05, 0.1) is 10.6 Å². The van der Waals surface area contributed by atoms with Crippen molar-refractivity contribution in [2.75, 3.05) is 6.54 Å². The highest BCUT2D eigenvalue weighted by atomic mass is 32.1. The monoisotopic (exact) mass is 351 g/mol. The summed E-state index contributed by atoms with van der Waals surface area (Å²) >= 11 is 1.65. The van der Waals surface area contributed by atoms with Crippen molar-refractivity contribution in [3.8, 4) is 10.6 Å². The Hall–Kier alpha value is -2.66. The Balaban J connectivity index is 1.44. The van der Waals surface area contributed by atoms with Crippen molar-refractivity contribution in [1.82, 2.24) is 15.6 Å². The van der Waals surface area contributed by atoms with E-state index in [-0.39, 0.29) is 6.03 Å². The predicted molar refractivity (Wildman–Crippen MR) is 103 cm³/mol. The summed E-state index contributed by atoms with van der Waals surface area (Å²) in [6.07, 6.45) is 3.67. The number of aryl methyl sites for hydroxylation is 1. The molecule has 1 aromatic carbocycles. The first-order valence-corrected chi connectivity index (χ1v) is 9.24. The Kier molecular flexibility index (Phi) is 6.17. The third-order valence-corrected chi connectivity index (χ3v) is 4.73. The minimum Gasteiger partial charge on any atom is -0.338 e. The molecule has 2 amide bonds. The van der Waals surface area contributed by atoms with Gasteiger partial charge < -0.3 is 10.6 Å². The van der Waals surface area contributed by atoms with Crippen LogP contribution in [0.15, 0.2) is 66.2 Å². The van der Waals surface area contributed by atoms with E-state index < -0.39 is 0 Å². The van der Waals surface area contributed by atoms with Crippen LogP contribution in [0.4, 0.5) is 4.79 Å². The van der Waals surface area contributed by atoms with Crippen LogP contribution in [0.5, 0.6) is 0 Å². The smallest absolute Gasteiger partial charge is 0.315 e. The Labute approximate surface area is 151 Å². The SMILES string of the molecule is O=C(NCCCc1ccccc1)NCc1cccnc1-c1cccs1. The van der Waals surface area contributed by atoms with Crippen molar-refractivity contribution in [3.05, 3.63) is 77.3 Å². The van der Waals surface area contributed by atoms with Crippen LogP contribution in [0.25, 0.3) is 10.6 Å². The summed E-state index contributed by atoms with van der Waals surface area (Å²) in [5.74, 6) is 0. The van der Waals surface area contributed by atoms with Crippen molar-refractivity contribution in [1.29, 1.82) is 0 Å². The number of aromatic nitrogens is 1. The lowest BCUT2D eigenvalue weighted by Crippen LogP contribution is -2.35. The average molecular weight is 351 g/mol. The maximum absolute atomic E-state index is 12.0. The summed E-state index contributed by atoms with van der Waals surface area (Å²) in [5.41, 5.74) is 3.24. The quantitative estimate of drug-likeness (QED) is 0.626. The molecule has 3 aromatic rings. The number of benzene rings is 1. The molecule has 0 atom stereocenters. The standard InChI is InChI=1S/C20H21N3OS/c24-20(22-13-4-9-16-7-2-1-3-8-16)23-15-17-10-5-12-21-19(17)18-11-6-14-25-18/h1-3,5-8,10-12,14H,4,9,13,15H2,(H2,22,23,24). The van der Waals surface area contributed by atoms with Gasteiger partial charge in [-0.15, -0.1) is 11.3 Å². The fourth-order valence-electron chi connectivity index (χ4n) is 2.59. The van der Waals surface area contributed by atoms with Gasteiger partial charge in [0.1, 0.15) is 0 Å². The molecule has 0 aliphatic heterocycles. The second-order valence-corrected chi connectivity index (χ2v) is 6.63. The first-order valence-electron chi connectivity index (χ1n) is 8.36. The van der Waals surface area contributed by atoms with Crippen LogP contribution in [0.1, 0.15) is 17.5 Å². The summed E-state index contributed by atoms with van der Waals surface area (Å²) in [7, 11) is 0. The summed E-state index contributed by atoms with van der Waals surface area (Å²) in [6.45, 7) is 1.12. The van der Waals surface area contributed by atoms with Gasteiger partial charge in [0, 0.05) is 19.3 Å². The molecule has 0 unspecified atom stereocenters. The molecule has 2 heterocycles. The molecule has 0 aliphatic carbocycles. The van der Waals surface area contributed by atoms with E-state index >= 15 is 0 Å². The number of rotatable bonds is 7. The van der Waals surface area contributed by atoms with E-state index in [1.165, 1.54) is 5.56 Å². The summed E-state index contributed by atoms with van der Waals surface area (Å²) in [4.78, 5) is 17.5. The molecular formula is C20H21N3OS. The largest absolute Gasteiger partial charge is 0.338 e. The number of carbonyl (C=O) groups excluding carboxylic acids is 1. The lowest BCUT2D eigenvalue weighted by molar-refractivity contribution is 0.240. The number of hydrogen-bond donors (Lipinski definition) is 2. The average Bonchev–Trinajstić information content (AvgIpc) is 3.19. The fraction of sp³-hybridized carbons (Fsp3) is 0.200. The summed E-state index contributed by atoms with van der Waals surface area (Å²) < 4.78 is 0. The molecule has 0 radical (unpaired) electrons. The predicted octanol–water partition coefficient (Wildman–Crippen LogP) is 4.24. The van der Waals surface area contributed by atoms with Crippen molar-refractivity contribution in [3.63, 3.8) is 0 Å². The van der Waals surface area contributed by atoms with Gasteiger partial charge in [-0.2, -0.15) is 0 Å². The van der Waals surface area contributed by atoms with Gasteiger partial charge in [-0.3, -0.25) is 4.98 Å². The third-order valence-electron chi connectivity index (χ3n) is 3.86. The normalized spacial score (nSPS) is 10.4. The molecule has 0 aliphatic rings. The van der Waals surface area contributed by atoms with Gasteiger partial charge in [0.25, 0.3) is 0 Å². The minimum absolute atomic E-state index is 0.144. The molecule has 0 saturated carbocycles. The Morgan fingerprint density at radius 2 is 1.88 bits per heavy atom. The van der Waals surface area contributed by atoms with Crippen LogP contribution in [-0.2, 0) is 13.0 Å². The Bertz CT molecular complexity index is 788. The van der Waals surface area contributed by atoms with Crippen LogP contribution < -0.4 is 10.6 Å². The number of nitrogens with zero attached hydrogens (tertiary/aromatic N) is 1. The van der Waals surface area contributed by atoms with E-state index in [0.717, 1.165) is 29.0 Å². The maximum Gasteiger partial charge on any atom is 0.315 e. The van der Waals surface area contributed by atoms with Crippen LogP contribution in [0, 0.1) is 0 Å². The molecule has 0 bridgehead atoms. The van der Waals surface area contributed by atoms with Crippen molar-refractivity contribution < 1.29 is 4.79 Å². The number of carbonyl (C=O) groups is 1. The van der Waals surface area contributed by atoms with E-state index in [4.69, 9.17) is 0 Å². The van der Waals surface area contributed by atoms with Gasteiger partial charge >= 0.3 is 6.03 Å². The lowest BCUT2D eigenvalue weighted by atomic mass is 10.1. The number of nitrogens with one attached hydrogen (secondary N) is 2. The highest BCUT2D eigenvalue weighted by molar-refractivity contribution is 7.13. The lowest BCUT2D eigenvalue weighted by Gasteiger charge is -2.10. The van der Waals surface area contributed by atoms with E-state index in [1.54, 1.807) is 17.5 Å². The number of amides is 2. The summed E-state index contributed by atoms with van der Waals surface area (Å²) in [5, 5.41) is 7.85.